The normalized spacial score (nSPS) is 17.7. The number of hydrogen-bond acceptors (Lipinski definition) is 4. The SMILES string of the molecule is Cc1ccccc1N1CCN(C(=O)c2cn3cc(Cl)cnc3n2)[C@H](C)C1. The van der Waals surface area contributed by atoms with E-state index in [1.165, 1.54) is 17.4 Å². The van der Waals surface area contributed by atoms with Gasteiger partial charge in [-0.1, -0.05) is 29.8 Å². The first-order valence-electron chi connectivity index (χ1n) is 8.65. The quantitative estimate of drug-likeness (QED) is 0.696. The monoisotopic (exact) mass is 369 g/mol. The van der Waals surface area contributed by atoms with Crippen molar-refractivity contribution >= 4 is 29.0 Å². The van der Waals surface area contributed by atoms with Gasteiger partial charge in [-0.2, -0.15) is 0 Å². The Morgan fingerprint density at radius 3 is 2.81 bits per heavy atom. The molecule has 4 rings (SSSR count). The Labute approximate surface area is 157 Å². The van der Waals surface area contributed by atoms with E-state index in [0.717, 1.165) is 13.1 Å². The molecular formula is C19H20ClN5O. The van der Waals surface area contributed by atoms with Crippen molar-refractivity contribution in [1.82, 2.24) is 19.3 Å². The molecule has 0 bridgehead atoms. The summed E-state index contributed by atoms with van der Waals surface area (Å²) in [6.07, 6.45) is 4.92. The van der Waals surface area contributed by atoms with Gasteiger partial charge in [0.05, 0.1) is 11.2 Å². The highest BCUT2D eigenvalue weighted by Crippen LogP contribution is 2.23. The number of nitrogens with zero attached hydrogens (tertiary/aromatic N) is 5. The lowest BCUT2D eigenvalue weighted by Gasteiger charge is -2.41. The Hall–Kier alpha value is -2.60. The largest absolute Gasteiger partial charge is 0.367 e. The van der Waals surface area contributed by atoms with Crippen LogP contribution in [-0.4, -0.2) is 50.9 Å². The van der Waals surface area contributed by atoms with Crippen LogP contribution in [0.2, 0.25) is 5.02 Å². The second-order valence-electron chi connectivity index (χ2n) is 6.69. The molecule has 1 atom stereocenters. The maximum absolute atomic E-state index is 12.9. The Balaban J connectivity index is 1.53. The number of aryl methyl sites for hydroxylation is 1. The van der Waals surface area contributed by atoms with Crippen molar-refractivity contribution < 1.29 is 4.79 Å². The molecule has 7 heteroatoms. The van der Waals surface area contributed by atoms with Gasteiger partial charge in [0.25, 0.3) is 5.91 Å². The van der Waals surface area contributed by atoms with Crippen LogP contribution in [0.3, 0.4) is 0 Å². The lowest BCUT2D eigenvalue weighted by atomic mass is 10.1. The van der Waals surface area contributed by atoms with Gasteiger partial charge in [0.2, 0.25) is 5.78 Å². The van der Waals surface area contributed by atoms with Crippen LogP contribution >= 0.6 is 11.6 Å². The molecule has 1 aliphatic rings. The fourth-order valence-electron chi connectivity index (χ4n) is 3.51. The van der Waals surface area contributed by atoms with Gasteiger partial charge in [-0.05, 0) is 25.5 Å². The third kappa shape index (κ3) is 3.01. The first kappa shape index (κ1) is 16.8. The van der Waals surface area contributed by atoms with Gasteiger partial charge in [-0.15, -0.1) is 0 Å². The number of aromatic nitrogens is 3. The predicted molar refractivity (Wildman–Crippen MR) is 102 cm³/mol. The number of fused-ring (bicyclic) bond motifs is 1. The summed E-state index contributed by atoms with van der Waals surface area (Å²) >= 11 is 5.95. The standard InChI is InChI=1S/C19H20ClN5O/c1-13-5-3-4-6-17(13)23-7-8-25(14(2)10-23)18(26)16-12-24-11-15(20)9-21-19(24)22-16/h3-6,9,11-12,14H,7-8,10H2,1-2H3/t14-/m1/s1. The lowest BCUT2D eigenvalue weighted by Crippen LogP contribution is -2.54. The molecule has 2 aromatic heterocycles. The molecule has 0 radical (unpaired) electrons. The Morgan fingerprint density at radius 1 is 1.23 bits per heavy atom. The zero-order chi connectivity index (χ0) is 18.3. The van der Waals surface area contributed by atoms with E-state index in [-0.39, 0.29) is 11.9 Å². The summed E-state index contributed by atoms with van der Waals surface area (Å²) in [5.41, 5.74) is 2.89. The lowest BCUT2D eigenvalue weighted by molar-refractivity contribution is 0.0668. The zero-order valence-corrected chi connectivity index (χ0v) is 15.5. The van der Waals surface area contributed by atoms with E-state index in [9.17, 15) is 4.79 Å². The topological polar surface area (TPSA) is 53.7 Å². The number of carbonyl (C=O) groups excluding carboxylic acids is 1. The van der Waals surface area contributed by atoms with Crippen LogP contribution in [0.15, 0.2) is 42.9 Å². The molecule has 0 aliphatic carbocycles. The number of imidazole rings is 1. The van der Waals surface area contributed by atoms with E-state index in [2.05, 4.69) is 46.9 Å². The van der Waals surface area contributed by atoms with Crippen LogP contribution in [0, 0.1) is 6.92 Å². The smallest absolute Gasteiger partial charge is 0.274 e. The van der Waals surface area contributed by atoms with Crippen LogP contribution in [-0.2, 0) is 0 Å². The molecule has 1 aliphatic heterocycles. The number of rotatable bonds is 2. The van der Waals surface area contributed by atoms with Gasteiger partial charge in [0, 0.05) is 43.8 Å². The molecule has 0 saturated carbocycles. The summed E-state index contributed by atoms with van der Waals surface area (Å²) in [6, 6.07) is 8.45. The van der Waals surface area contributed by atoms with Crippen LogP contribution in [0.25, 0.3) is 5.78 Å². The van der Waals surface area contributed by atoms with Crippen molar-refractivity contribution in [3.63, 3.8) is 0 Å². The van der Waals surface area contributed by atoms with Gasteiger partial charge >= 0.3 is 0 Å². The molecular weight excluding hydrogens is 350 g/mol. The Morgan fingerprint density at radius 2 is 2.04 bits per heavy atom. The molecule has 6 nitrogen and oxygen atoms in total. The van der Waals surface area contributed by atoms with Crippen molar-refractivity contribution in [2.24, 2.45) is 0 Å². The second-order valence-corrected chi connectivity index (χ2v) is 7.12. The molecule has 1 amide bonds. The minimum atomic E-state index is -0.0662. The van der Waals surface area contributed by atoms with Gasteiger partial charge < -0.3 is 9.80 Å². The van der Waals surface area contributed by atoms with Gasteiger partial charge in [-0.25, -0.2) is 9.97 Å². The van der Waals surface area contributed by atoms with E-state index in [0.29, 0.717) is 23.0 Å². The Kier molecular flexibility index (Phi) is 4.28. The summed E-state index contributed by atoms with van der Waals surface area (Å²) in [6.45, 7) is 6.46. The van der Waals surface area contributed by atoms with Crippen LogP contribution in [0.5, 0.6) is 0 Å². The average molecular weight is 370 g/mol. The number of piperazine rings is 1. The molecule has 26 heavy (non-hydrogen) atoms. The summed E-state index contributed by atoms with van der Waals surface area (Å²) < 4.78 is 1.68. The third-order valence-corrected chi connectivity index (χ3v) is 5.04. The van der Waals surface area contributed by atoms with Crippen molar-refractivity contribution in [3.8, 4) is 0 Å². The van der Waals surface area contributed by atoms with E-state index < -0.39 is 0 Å². The fourth-order valence-corrected chi connectivity index (χ4v) is 3.66. The molecule has 134 valence electrons. The van der Waals surface area contributed by atoms with Gasteiger partial charge in [0.15, 0.2) is 0 Å². The number of anilines is 1. The fraction of sp³-hybridized carbons (Fsp3) is 0.316. The molecule has 0 spiro atoms. The molecule has 3 aromatic rings. The summed E-state index contributed by atoms with van der Waals surface area (Å²) in [4.78, 5) is 25.7. The molecule has 3 heterocycles. The van der Waals surface area contributed by atoms with E-state index >= 15 is 0 Å². The maximum Gasteiger partial charge on any atom is 0.274 e. The maximum atomic E-state index is 12.9. The number of amides is 1. The molecule has 0 N–H and O–H groups in total. The first-order valence-corrected chi connectivity index (χ1v) is 9.02. The van der Waals surface area contributed by atoms with Crippen molar-refractivity contribution in [2.45, 2.75) is 19.9 Å². The highest BCUT2D eigenvalue weighted by Gasteiger charge is 2.30. The van der Waals surface area contributed by atoms with Crippen LogP contribution < -0.4 is 4.90 Å². The highest BCUT2D eigenvalue weighted by atomic mass is 35.5. The van der Waals surface area contributed by atoms with Gasteiger partial charge in [0.1, 0.15) is 5.69 Å². The summed E-state index contributed by atoms with van der Waals surface area (Å²) in [5, 5.41) is 0.508. The minimum absolute atomic E-state index is 0.0662. The summed E-state index contributed by atoms with van der Waals surface area (Å²) in [7, 11) is 0. The van der Waals surface area contributed by atoms with E-state index in [1.807, 2.05) is 11.0 Å². The number of para-hydroxylation sites is 1. The Bertz CT molecular complexity index is 969. The van der Waals surface area contributed by atoms with Gasteiger partial charge in [-0.3, -0.25) is 9.20 Å². The molecule has 1 aromatic carbocycles. The highest BCUT2D eigenvalue weighted by molar-refractivity contribution is 6.30. The molecule has 0 unspecified atom stereocenters. The predicted octanol–water partition coefficient (Wildman–Crippen LogP) is 3.04. The number of benzene rings is 1. The first-order chi connectivity index (χ1) is 12.5. The zero-order valence-electron chi connectivity index (χ0n) is 14.8. The number of carbonyl (C=O) groups is 1. The minimum Gasteiger partial charge on any atom is -0.367 e. The van der Waals surface area contributed by atoms with Crippen LogP contribution in [0.1, 0.15) is 23.0 Å². The molecule has 1 saturated heterocycles. The van der Waals surface area contributed by atoms with Crippen molar-refractivity contribution in [2.75, 3.05) is 24.5 Å². The van der Waals surface area contributed by atoms with Crippen molar-refractivity contribution in [1.29, 1.82) is 0 Å². The second kappa shape index (κ2) is 6.61. The van der Waals surface area contributed by atoms with Crippen molar-refractivity contribution in [3.05, 3.63) is 59.1 Å². The number of halogens is 1. The van der Waals surface area contributed by atoms with Crippen LogP contribution in [0.4, 0.5) is 5.69 Å². The van der Waals surface area contributed by atoms with E-state index in [1.54, 1.807) is 16.8 Å². The molecule has 1 fully saturated rings. The van der Waals surface area contributed by atoms with E-state index in [4.69, 9.17) is 11.6 Å². The number of hydrogen-bond donors (Lipinski definition) is 0. The summed E-state index contributed by atoms with van der Waals surface area (Å²) in [5.74, 6) is 0.410. The average Bonchev–Trinajstić information content (AvgIpc) is 3.04. The third-order valence-electron chi connectivity index (χ3n) is 4.84.